The molecule has 7 atom stereocenters. The zero-order valence-corrected chi connectivity index (χ0v) is 19.1. The van der Waals surface area contributed by atoms with Gasteiger partial charge in [-0.05, 0) is 98.1 Å². The molecule has 0 aliphatic heterocycles. The van der Waals surface area contributed by atoms with Crippen molar-refractivity contribution in [2.45, 2.75) is 83.8 Å². The third-order valence-corrected chi connectivity index (χ3v) is 10.1. The highest BCUT2D eigenvalue weighted by molar-refractivity contribution is 5.79. The van der Waals surface area contributed by atoms with Gasteiger partial charge in [-0.15, -0.1) is 0 Å². The molecule has 1 N–H and O–H groups in total. The Morgan fingerprint density at radius 1 is 1.03 bits per heavy atom. The number of hydrogen-bond donors (Lipinski definition) is 1. The molecule has 0 radical (unpaired) electrons. The van der Waals surface area contributed by atoms with Crippen molar-refractivity contribution >= 4 is 5.78 Å². The minimum Gasteiger partial charge on any atom is -0.393 e. The minimum atomic E-state index is -0.583. The van der Waals surface area contributed by atoms with Crippen LogP contribution in [0.15, 0.2) is 18.2 Å². The molecule has 3 nitrogen and oxygen atoms in total. The van der Waals surface area contributed by atoms with Gasteiger partial charge in [-0.25, -0.2) is 8.78 Å². The van der Waals surface area contributed by atoms with Crippen LogP contribution in [-0.4, -0.2) is 23.6 Å². The fourth-order valence-corrected chi connectivity index (χ4v) is 8.45. The highest BCUT2D eigenvalue weighted by Crippen LogP contribution is 2.66. The molecule has 0 heterocycles. The zero-order chi connectivity index (χ0) is 22.5. The number of carbonyl (C=O) groups is 1. The Labute approximate surface area is 189 Å². The number of ketones is 1. The topological polar surface area (TPSA) is 46.5 Å². The third-order valence-electron chi connectivity index (χ3n) is 10.1. The Hall–Kier alpha value is -1.33. The first-order valence-electron chi connectivity index (χ1n) is 12.5. The number of hydrogen-bond acceptors (Lipinski definition) is 3. The number of aliphatic hydroxyl groups excluding tert-OH is 1. The molecule has 0 amide bonds. The highest BCUT2D eigenvalue weighted by Gasteiger charge is 2.61. The number of rotatable bonds is 5. The monoisotopic (exact) mass is 446 g/mol. The summed E-state index contributed by atoms with van der Waals surface area (Å²) in [4.78, 5) is 12.1. The lowest BCUT2D eigenvalue weighted by molar-refractivity contribution is -0.147. The van der Waals surface area contributed by atoms with Crippen molar-refractivity contribution in [2.24, 2.45) is 34.5 Å². The highest BCUT2D eigenvalue weighted by atomic mass is 19.1. The van der Waals surface area contributed by atoms with Crippen molar-refractivity contribution in [1.29, 1.82) is 0 Å². The number of aliphatic hydroxyl groups is 1. The number of carbonyl (C=O) groups excluding carboxylic acids is 1. The molecule has 5 rings (SSSR count). The second-order valence-corrected chi connectivity index (χ2v) is 11.3. The molecule has 5 heteroatoms. The van der Waals surface area contributed by atoms with Crippen molar-refractivity contribution in [3.8, 4) is 0 Å². The van der Waals surface area contributed by atoms with E-state index in [-0.39, 0.29) is 23.5 Å². The molecule has 0 aromatic heterocycles. The molecule has 4 aliphatic rings. The molecule has 1 aromatic carbocycles. The van der Waals surface area contributed by atoms with Crippen molar-refractivity contribution in [2.75, 3.05) is 6.61 Å². The number of Topliss-reactive ketones (excluding diaryl/α,β-unsaturated/α-hetero) is 1. The molecular formula is C27H36F2O3. The Morgan fingerprint density at radius 2 is 1.81 bits per heavy atom. The van der Waals surface area contributed by atoms with Gasteiger partial charge in [-0.3, -0.25) is 4.79 Å². The summed E-state index contributed by atoms with van der Waals surface area (Å²) in [5.41, 5.74) is 0.682. The van der Waals surface area contributed by atoms with Crippen LogP contribution in [0, 0.1) is 46.1 Å². The summed E-state index contributed by atoms with van der Waals surface area (Å²) in [5.74, 6) is 1.63. The lowest BCUT2D eigenvalue weighted by atomic mass is 9.44. The van der Waals surface area contributed by atoms with E-state index in [1.807, 2.05) is 0 Å². The fourth-order valence-electron chi connectivity index (χ4n) is 8.45. The molecule has 0 bridgehead atoms. The number of ether oxygens (including phenoxy) is 1. The minimum absolute atomic E-state index is 0.0952. The summed E-state index contributed by atoms with van der Waals surface area (Å²) in [5, 5.41) is 11.1. The Bertz CT molecular complexity index is 852. The van der Waals surface area contributed by atoms with Gasteiger partial charge >= 0.3 is 0 Å². The molecule has 0 spiro atoms. The van der Waals surface area contributed by atoms with Crippen LogP contribution >= 0.6 is 0 Å². The Kier molecular flexibility index (Phi) is 5.94. The van der Waals surface area contributed by atoms with Crippen molar-refractivity contribution < 1.29 is 23.4 Å². The average molecular weight is 447 g/mol. The second kappa shape index (κ2) is 8.47. The molecule has 4 aliphatic carbocycles. The molecule has 1 aromatic rings. The summed E-state index contributed by atoms with van der Waals surface area (Å²) < 4.78 is 32.7. The smallest absolute Gasteiger partial charge is 0.133 e. The summed E-state index contributed by atoms with van der Waals surface area (Å²) in [6, 6.07) is 3.50. The lowest BCUT2D eigenvalue weighted by Gasteiger charge is -2.60. The predicted octanol–water partition coefficient (Wildman–Crippen LogP) is 5.82. The molecule has 4 saturated carbocycles. The quantitative estimate of drug-likeness (QED) is 0.580. The van der Waals surface area contributed by atoms with Crippen LogP contribution in [-0.2, 0) is 16.1 Å². The SMILES string of the molecule is C[C@]12CCC(=O)CC1CC[C@H]1[C@@H]3CC[C@H](O)[C@@]3(CCOCc3cc(F)cc(F)c3)CC[C@@H]12. The number of fused-ring (bicyclic) bond motifs is 5. The van der Waals surface area contributed by atoms with Gasteiger partial charge < -0.3 is 9.84 Å². The summed E-state index contributed by atoms with van der Waals surface area (Å²) in [6.45, 7) is 3.13. The second-order valence-electron chi connectivity index (χ2n) is 11.3. The molecule has 0 saturated heterocycles. The van der Waals surface area contributed by atoms with Gasteiger partial charge in [0.1, 0.15) is 17.4 Å². The fraction of sp³-hybridized carbons (Fsp3) is 0.741. The van der Waals surface area contributed by atoms with E-state index in [1.165, 1.54) is 18.6 Å². The van der Waals surface area contributed by atoms with Gasteiger partial charge in [-0.1, -0.05) is 6.92 Å². The Balaban J connectivity index is 1.27. The summed E-state index contributed by atoms with van der Waals surface area (Å²) >= 11 is 0. The molecule has 32 heavy (non-hydrogen) atoms. The van der Waals surface area contributed by atoms with Gasteiger partial charge in [-0.2, -0.15) is 0 Å². The first-order chi connectivity index (χ1) is 15.3. The standard InChI is InChI=1S/C27H36F2O3/c1-26-8-6-21(30)14-18(26)2-3-22-23(26)7-9-27(24(22)4-5-25(27)31)10-11-32-16-17-12-19(28)15-20(29)13-17/h12-13,15,18,22-25,31H,2-11,14,16H2,1H3/t18?,22-,23+,24+,25+,26+,27-/m1/s1. The maximum Gasteiger partial charge on any atom is 0.133 e. The van der Waals surface area contributed by atoms with Crippen LogP contribution in [0.2, 0.25) is 0 Å². The van der Waals surface area contributed by atoms with Crippen molar-refractivity contribution in [3.63, 3.8) is 0 Å². The van der Waals surface area contributed by atoms with Gasteiger partial charge in [0.15, 0.2) is 0 Å². The molecular weight excluding hydrogens is 410 g/mol. The van der Waals surface area contributed by atoms with E-state index in [4.69, 9.17) is 4.74 Å². The van der Waals surface area contributed by atoms with E-state index in [0.29, 0.717) is 41.6 Å². The largest absolute Gasteiger partial charge is 0.393 e. The first-order valence-corrected chi connectivity index (χ1v) is 12.5. The van der Waals surface area contributed by atoms with Gasteiger partial charge in [0.25, 0.3) is 0 Å². The van der Waals surface area contributed by atoms with Crippen LogP contribution in [0.4, 0.5) is 8.78 Å². The van der Waals surface area contributed by atoms with E-state index in [1.54, 1.807) is 0 Å². The normalized spacial score (nSPS) is 41.1. The van der Waals surface area contributed by atoms with Crippen molar-refractivity contribution in [3.05, 3.63) is 35.4 Å². The van der Waals surface area contributed by atoms with Gasteiger partial charge in [0.2, 0.25) is 0 Å². The molecule has 4 fully saturated rings. The lowest BCUT2D eigenvalue weighted by Crippen LogP contribution is -2.55. The van der Waals surface area contributed by atoms with Crippen LogP contribution in [0.25, 0.3) is 0 Å². The van der Waals surface area contributed by atoms with Gasteiger partial charge in [0, 0.05) is 30.9 Å². The van der Waals surface area contributed by atoms with E-state index in [0.717, 1.165) is 63.9 Å². The number of benzene rings is 1. The van der Waals surface area contributed by atoms with Crippen LogP contribution in [0.5, 0.6) is 0 Å². The summed E-state index contributed by atoms with van der Waals surface area (Å²) in [7, 11) is 0. The predicted molar refractivity (Wildman–Crippen MR) is 118 cm³/mol. The van der Waals surface area contributed by atoms with Crippen molar-refractivity contribution in [1.82, 2.24) is 0 Å². The first kappa shape index (κ1) is 22.5. The maximum absolute atomic E-state index is 13.4. The van der Waals surface area contributed by atoms with E-state index in [9.17, 15) is 18.7 Å². The van der Waals surface area contributed by atoms with E-state index in [2.05, 4.69) is 6.92 Å². The van der Waals surface area contributed by atoms with Crippen LogP contribution in [0.3, 0.4) is 0 Å². The maximum atomic E-state index is 13.4. The number of halogens is 2. The third kappa shape index (κ3) is 3.73. The zero-order valence-electron chi connectivity index (χ0n) is 19.1. The molecule has 1 unspecified atom stereocenters. The average Bonchev–Trinajstić information content (AvgIpc) is 3.08. The van der Waals surface area contributed by atoms with Crippen LogP contribution in [0.1, 0.15) is 76.7 Å². The summed E-state index contributed by atoms with van der Waals surface area (Å²) in [6.07, 6.45) is 9.49. The Morgan fingerprint density at radius 3 is 2.59 bits per heavy atom. The van der Waals surface area contributed by atoms with E-state index >= 15 is 0 Å². The van der Waals surface area contributed by atoms with Crippen LogP contribution < -0.4 is 0 Å². The van der Waals surface area contributed by atoms with E-state index < -0.39 is 11.6 Å². The molecule has 176 valence electrons. The van der Waals surface area contributed by atoms with Gasteiger partial charge in [0.05, 0.1) is 12.7 Å².